The Balaban J connectivity index is 3.33. The van der Waals surface area contributed by atoms with E-state index in [2.05, 4.69) is 4.74 Å². The van der Waals surface area contributed by atoms with Gasteiger partial charge in [0.25, 0.3) is 0 Å². The van der Waals surface area contributed by atoms with Crippen molar-refractivity contribution in [3.05, 3.63) is 0 Å². The second-order valence-electron chi connectivity index (χ2n) is 1.31. The molecule has 0 rings (SSSR count). The molecule has 0 saturated carbocycles. The Hall–Kier alpha value is -0.610. The third-order valence-electron chi connectivity index (χ3n) is 0.567. The van der Waals surface area contributed by atoms with Crippen LogP contribution in [0, 0.1) is 0 Å². The van der Waals surface area contributed by atoms with Gasteiger partial charge in [-0.3, -0.25) is 5.73 Å². The number of esters is 1. The number of aliphatic hydroxyl groups excluding tert-OH is 1. The van der Waals surface area contributed by atoms with Crippen LogP contribution in [0.3, 0.4) is 0 Å². The Labute approximate surface area is 47.2 Å². The molecule has 3 N–H and O–H groups in total. The number of nitrogens with two attached hydrogens (primary N) is 1. The third kappa shape index (κ3) is 2.54. The molecule has 0 aromatic heterocycles. The number of rotatable bonds is 2. The number of aliphatic hydroxyl groups is 1. The maximum Gasteiger partial charge on any atom is 0.335 e. The van der Waals surface area contributed by atoms with Gasteiger partial charge in [-0.2, -0.15) is 0 Å². The van der Waals surface area contributed by atoms with Crippen LogP contribution in [-0.4, -0.2) is 23.9 Å². The van der Waals surface area contributed by atoms with Crippen molar-refractivity contribution in [3.63, 3.8) is 0 Å². The molecule has 0 radical (unpaired) electrons. The van der Waals surface area contributed by atoms with E-state index in [0.29, 0.717) is 0 Å². The molecule has 0 bridgehead atoms. The van der Waals surface area contributed by atoms with Gasteiger partial charge in [0.2, 0.25) is 0 Å². The highest BCUT2D eigenvalue weighted by atomic mass is 16.6. The zero-order valence-electron chi connectivity index (χ0n) is 4.63. The first kappa shape index (κ1) is 7.39. The number of carbonyl (C=O) groups excluding carboxylic acids is 1. The number of hydrogen-bond donors (Lipinski definition) is 2. The van der Waals surface area contributed by atoms with Gasteiger partial charge in [-0.1, -0.05) is 0 Å². The molecule has 4 nitrogen and oxygen atoms in total. The molecule has 0 aliphatic carbocycles. The number of hydrogen-bond acceptors (Lipinski definition) is 4. The fourth-order valence-electron chi connectivity index (χ4n) is 0.203. The normalized spacial score (nSPS) is 12.9. The Morgan fingerprint density at radius 1 is 2.00 bits per heavy atom. The molecule has 8 heavy (non-hydrogen) atoms. The van der Waals surface area contributed by atoms with Crippen molar-refractivity contribution >= 4 is 5.97 Å². The molecule has 0 fully saturated rings. The van der Waals surface area contributed by atoms with Crippen LogP contribution in [0.4, 0.5) is 0 Å². The highest BCUT2D eigenvalue weighted by Crippen LogP contribution is 1.82. The van der Waals surface area contributed by atoms with E-state index in [1.807, 2.05) is 0 Å². The van der Waals surface area contributed by atoms with E-state index in [9.17, 15) is 4.79 Å². The van der Waals surface area contributed by atoms with Gasteiger partial charge < -0.3 is 9.84 Å². The summed E-state index contributed by atoms with van der Waals surface area (Å²) in [7, 11) is 0. The largest absolute Gasteiger partial charge is 0.448 e. The number of carbonyl (C=O) groups is 1. The van der Waals surface area contributed by atoms with Gasteiger partial charge in [-0.25, -0.2) is 4.79 Å². The van der Waals surface area contributed by atoms with Crippen LogP contribution in [0.15, 0.2) is 0 Å². The summed E-state index contributed by atoms with van der Waals surface area (Å²) in [5, 5.41) is 8.42. The minimum Gasteiger partial charge on any atom is -0.448 e. The van der Waals surface area contributed by atoms with Crippen LogP contribution in [0.25, 0.3) is 0 Å². The molecule has 48 valence electrons. The summed E-state index contributed by atoms with van der Waals surface area (Å²) in [6.45, 7) is 1.14. The molecular formula is C4H9NO3. The standard InChI is InChI=1S/C4H9NO3/c1-3(6)4(7)8-2-5/h3,6H,2,5H2,1H3. The molecule has 0 aliphatic heterocycles. The van der Waals surface area contributed by atoms with E-state index in [4.69, 9.17) is 10.8 Å². The smallest absolute Gasteiger partial charge is 0.335 e. The second kappa shape index (κ2) is 3.40. The molecule has 0 saturated heterocycles. The summed E-state index contributed by atoms with van der Waals surface area (Å²) < 4.78 is 4.19. The zero-order valence-corrected chi connectivity index (χ0v) is 4.63. The van der Waals surface area contributed by atoms with Gasteiger partial charge in [0, 0.05) is 0 Å². The number of ether oxygens (including phenoxy) is 1. The lowest BCUT2D eigenvalue weighted by molar-refractivity contribution is -0.152. The summed E-state index contributed by atoms with van der Waals surface area (Å²) >= 11 is 0. The van der Waals surface area contributed by atoms with Crippen LogP contribution in [0.1, 0.15) is 6.92 Å². The molecule has 0 aliphatic rings. The van der Waals surface area contributed by atoms with Crippen LogP contribution >= 0.6 is 0 Å². The van der Waals surface area contributed by atoms with Gasteiger partial charge >= 0.3 is 5.97 Å². The molecule has 4 heteroatoms. The Morgan fingerprint density at radius 2 is 2.50 bits per heavy atom. The Bertz CT molecular complexity index is 81.4. The van der Waals surface area contributed by atoms with Crippen molar-refractivity contribution in [3.8, 4) is 0 Å². The molecule has 1 atom stereocenters. The first-order valence-corrected chi connectivity index (χ1v) is 2.23. The summed E-state index contributed by atoms with van der Waals surface area (Å²) in [5.41, 5.74) is 4.81. The summed E-state index contributed by atoms with van der Waals surface area (Å²) in [6, 6.07) is 0. The summed E-state index contributed by atoms with van der Waals surface area (Å²) in [5.74, 6) is -0.687. The Morgan fingerprint density at radius 3 is 2.62 bits per heavy atom. The maximum atomic E-state index is 10.2. The van der Waals surface area contributed by atoms with Crippen molar-refractivity contribution in [1.82, 2.24) is 0 Å². The first-order valence-electron chi connectivity index (χ1n) is 2.23. The highest BCUT2D eigenvalue weighted by molar-refractivity contribution is 5.73. The van der Waals surface area contributed by atoms with Crippen LogP contribution in [-0.2, 0) is 9.53 Å². The van der Waals surface area contributed by atoms with E-state index in [1.54, 1.807) is 0 Å². The van der Waals surface area contributed by atoms with Crippen LogP contribution in [0.5, 0.6) is 0 Å². The van der Waals surface area contributed by atoms with Crippen LogP contribution < -0.4 is 5.73 Å². The van der Waals surface area contributed by atoms with Gasteiger partial charge in [0.05, 0.1) is 0 Å². The minimum atomic E-state index is -1.07. The second-order valence-corrected chi connectivity index (χ2v) is 1.31. The van der Waals surface area contributed by atoms with Gasteiger partial charge in [0.15, 0.2) is 0 Å². The van der Waals surface area contributed by atoms with E-state index in [-0.39, 0.29) is 6.73 Å². The van der Waals surface area contributed by atoms with Gasteiger partial charge in [-0.15, -0.1) is 0 Å². The molecule has 0 spiro atoms. The fraction of sp³-hybridized carbons (Fsp3) is 0.750. The van der Waals surface area contributed by atoms with E-state index < -0.39 is 12.1 Å². The third-order valence-corrected chi connectivity index (χ3v) is 0.567. The molecular weight excluding hydrogens is 110 g/mol. The van der Waals surface area contributed by atoms with Gasteiger partial charge in [0.1, 0.15) is 12.8 Å². The lowest BCUT2D eigenvalue weighted by Crippen LogP contribution is -2.22. The van der Waals surface area contributed by atoms with Crippen molar-refractivity contribution < 1.29 is 14.6 Å². The molecule has 1 unspecified atom stereocenters. The van der Waals surface area contributed by atoms with Crippen molar-refractivity contribution in [2.75, 3.05) is 6.73 Å². The predicted octanol–water partition coefficient (Wildman–Crippen LogP) is -1.17. The van der Waals surface area contributed by atoms with Crippen molar-refractivity contribution in [1.29, 1.82) is 0 Å². The molecule has 0 heterocycles. The van der Waals surface area contributed by atoms with E-state index in [0.717, 1.165) is 0 Å². The summed E-state index contributed by atoms with van der Waals surface area (Å²) in [6.07, 6.45) is -1.07. The SMILES string of the molecule is CC(O)C(=O)OCN. The van der Waals surface area contributed by atoms with Gasteiger partial charge in [-0.05, 0) is 6.92 Å². The lowest BCUT2D eigenvalue weighted by atomic mass is 10.4. The monoisotopic (exact) mass is 119 g/mol. The first-order chi connectivity index (χ1) is 3.68. The molecule has 0 aromatic carbocycles. The van der Waals surface area contributed by atoms with E-state index >= 15 is 0 Å². The topological polar surface area (TPSA) is 72.5 Å². The highest BCUT2D eigenvalue weighted by Gasteiger charge is 2.07. The fourth-order valence-corrected chi connectivity index (χ4v) is 0.203. The maximum absolute atomic E-state index is 10.2. The zero-order chi connectivity index (χ0) is 6.57. The van der Waals surface area contributed by atoms with E-state index in [1.165, 1.54) is 6.92 Å². The average Bonchev–Trinajstić information content (AvgIpc) is 1.67. The quantitative estimate of drug-likeness (QED) is 0.355. The molecule has 0 aromatic rings. The average molecular weight is 119 g/mol. The van der Waals surface area contributed by atoms with Crippen molar-refractivity contribution in [2.45, 2.75) is 13.0 Å². The minimum absolute atomic E-state index is 0.177. The lowest BCUT2D eigenvalue weighted by Gasteiger charge is -2.01. The van der Waals surface area contributed by atoms with Crippen molar-refractivity contribution in [2.24, 2.45) is 5.73 Å². The summed E-state index contributed by atoms with van der Waals surface area (Å²) in [4.78, 5) is 10.2. The molecule has 0 amide bonds. The Kier molecular flexibility index (Phi) is 3.14. The van der Waals surface area contributed by atoms with Crippen LogP contribution in [0.2, 0.25) is 0 Å². The predicted molar refractivity (Wildman–Crippen MR) is 26.8 cm³/mol.